The van der Waals surface area contributed by atoms with Crippen molar-refractivity contribution < 1.29 is 23.8 Å². The molecule has 0 fully saturated rings. The van der Waals surface area contributed by atoms with Crippen LogP contribution in [0.2, 0.25) is 0 Å². The number of aliphatic hydroxyl groups excluding tert-OH is 1. The van der Waals surface area contributed by atoms with Gasteiger partial charge in [-0.3, -0.25) is 4.79 Å². The maximum absolute atomic E-state index is 12.7. The second kappa shape index (κ2) is 8.42. The summed E-state index contributed by atoms with van der Waals surface area (Å²) in [6.07, 6.45) is 0. The van der Waals surface area contributed by atoms with Crippen molar-refractivity contribution in [2.75, 3.05) is 19.0 Å². The minimum atomic E-state index is -0.275. The molecule has 0 atom stereocenters. The van der Waals surface area contributed by atoms with Crippen molar-refractivity contribution in [3.8, 4) is 22.8 Å². The lowest BCUT2D eigenvalue weighted by molar-refractivity contribution is 0.102. The molecule has 6 nitrogen and oxygen atoms in total. The van der Waals surface area contributed by atoms with Gasteiger partial charge in [-0.1, -0.05) is 6.07 Å². The van der Waals surface area contributed by atoms with Crippen molar-refractivity contribution in [1.82, 2.24) is 0 Å². The van der Waals surface area contributed by atoms with Gasteiger partial charge >= 0.3 is 0 Å². The molecule has 1 amide bonds. The van der Waals surface area contributed by atoms with Crippen molar-refractivity contribution in [3.05, 3.63) is 65.9 Å². The Morgan fingerprint density at radius 1 is 1.15 bits per heavy atom. The second-order valence-electron chi connectivity index (χ2n) is 5.75. The summed E-state index contributed by atoms with van der Waals surface area (Å²) in [6, 6.07) is 15.8. The van der Waals surface area contributed by atoms with Crippen LogP contribution in [0.15, 0.2) is 59.0 Å². The van der Waals surface area contributed by atoms with E-state index in [1.54, 1.807) is 48.5 Å². The van der Waals surface area contributed by atoms with Crippen LogP contribution >= 0.6 is 0 Å². The molecular weight excluding hydrogens is 346 g/mol. The number of carbonyl (C=O) groups excluding carboxylic acids is 1. The van der Waals surface area contributed by atoms with E-state index in [1.165, 1.54) is 7.11 Å². The van der Waals surface area contributed by atoms with Gasteiger partial charge in [0.15, 0.2) is 0 Å². The summed E-state index contributed by atoms with van der Waals surface area (Å²) in [6.45, 7) is 2.25. The van der Waals surface area contributed by atoms with Crippen LogP contribution in [-0.2, 0) is 6.61 Å². The highest BCUT2D eigenvalue weighted by Gasteiger charge is 2.13. The highest BCUT2D eigenvalue weighted by atomic mass is 16.5. The fourth-order valence-corrected chi connectivity index (χ4v) is 2.67. The number of methoxy groups -OCH3 is 1. The lowest BCUT2D eigenvalue weighted by Crippen LogP contribution is -2.13. The molecule has 1 heterocycles. The van der Waals surface area contributed by atoms with Crippen molar-refractivity contribution in [2.24, 2.45) is 0 Å². The van der Waals surface area contributed by atoms with E-state index in [-0.39, 0.29) is 12.5 Å². The molecular formula is C21H21NO5. The van der Waals surface area contributed by atoms with Crippen molar-refractivity contribution in [2.45, 2.75) is 13.5 Å². The molecule has 0 aliphatic rings. The Hall–Kier alpha value is -3.25. The number of rotatable bonds is 7. The molecule has 0 bridgehead atoms. The number of ether oxygens (including phenoxy) is 2. The van der Waals surface area contributed by atoms with E-state index in [0.717, 1.165) is 5.56 Å². The van der Waals surface area contributed by atoms with Crippen molar-refractivity contribution in [3.63, 3.8) is 0 Å². The SMILES string of the molecule is CCOc1cccc(C(=O)Nc2cc(-c3ccc(CO)o3)ccc2OC)c1. The van der Waals surface area contributed by atoms with Crippen LogP contribution in [-0.4, -0.2) is 24.7 Å². The lowest BCUT2D eigenvalue weighted by atomic mass is 10.1. The van der Waals surface area contributed by atoms with Crippen LogP contribution in [0.25, 0.3) is 11.3 Å². The van der Waals surface area contributed by atoms with Gasteiger partial charge in [0.25, 0.3) is 5.91 Å². The molecule has 3 rings (SSSR count). The molecule has 0 saturated heterocycles. The fourth-order valence-electron chi connectivity index (χ4n) is 2.67. The molecule has 1 aromatic heterocycles. The van der Waals surface area contributed by atoms with Crippen LogP contribution in [0.5, 0.6) is 11.5 Å². The Balaban J connectivity index is 1.87. The Labute approximate surface area is 157 Å². The van der Waals surface area contributed by atoms with Crippen LogP contribution in [0.1, 0.15) is 23.0 Å². The number of anilines is 1. The predicted octanol–water partition coefficient (Wildman–Crippen LogP) is 4.10. The van der Waals surface area contributed by atoms with E-state index in [4.69, 9.17) is 19.0 Å². The van der Waals surface area contributed by atoms with Gasteiger partial charge in [-0.25, -0.2) is 0 Å². The molecule has 2 aromatic carbocycles. The number of hydrogen-bond donors (Lipinski definition) is 2. The number of benzene rings is 2. The van der Waals surface area contributed by atoms with Crippen LogP contribution < -0.4 is 14.8 Å². The summed E-state index contributed by atoms with van der Waals surface area (Å²) in [7, 11) is 1.54. The lowest BCUT2D eigenvalue weighted by Gasteiger charge is -2.12. The zero-order valence-electron chi connectivity index (χ0n) is 15.2. The average molecular weight is 367 g/mol. The van der Waals surface area contributed by atoms with Crippen LogP contribution in [0.3, 0.4) is 0 Å². The molecule has 140 valence electrons. The zero-order valence-corrected chi connectivity index (χ0v) is 15.2. The Bertz CT molecular complexity index is 932. The van der Waals surface area contributed by atoms with Gasteiger partial charge in [0, 0.05) is 11.1 Å². The number of aliphatic hydroxyl groups is 1. The monoisotopic (exact) mass is 367 g/mol. The minimum absolute atomic E-state index is 0.171. The number of nitrogens with one attached hydrogen (secondary N) is 1. The molecule has 2 N–H and O–H groups in total. The topological polar surface area (TPSA) is 80.9 Å². The molecule has 0 spiro atoms. The van der Waals surface area contributed by atoms with Gasteiger partial charge in [-0.2, -0.15) is 0 Å². The third-order valence-corrected chi connectivity index (χ3v) is 3.96. The summed E-state index contributed by atoms with van der Waals surface area (Å²) in [4.78, 5) is 12.7. The van der Waals surface area contributed by atoms with E-state index < -0.39 is 0 Å². The van der Waals surface area contributed by atoms with E-state index in [2.05, 4.69) is 5.32 Å². The number of hydrogen-bond acceptors (Lipinski definition) is 5. The average Bonchev–Trinajstić information content (AvgIpc) is 3.18. The molecule has 0 saturated carbocycles. The van der Waals surface area contributed by atoms with Gasteiger partial charge in [-0.15, -0.1) is 0 Å². The summed E-state index contributed by atoms with van der Waals surface area (Å²) < 4.78 is 16.4. The van der Waals surface area contributed by atoms with Crippen molar-refractivity contribution in [1.29, 1.82) is 0 Å². The first-order chi connectivity index (χ1) is 13.1. The smallest absolute Gasteiger partial charge is 0.255 e. The van der Waals surface area contributed by atoms with Crippen LogP contribution in [0.4, 0.5) is 5.69 Å². The summed E-state index contributed by atoms with van der Waals surface area (Å²) in [5.74, 6) is 1.96. The third kappa shape index (κ3) is 4.30. The van der Waals surface area contributed by atoms with E-state index in [9.17, 15) is 4.79 Å². The highest BCUT2D eigenvalue weighted by molar-refractivity contribution is 6.05. The molecule has 0 unspecified atom stereocenters. The van der Waals surface area contributed by atoms with Gasteiger partial charge in [0.05, 0.1) is 19.4 Å². The normalized spacial score (nSPS) is 10.5. The molecule has 3 aromatic rings. The van der Waals surface area contributed by atoms with E-state index in [1.807, 2.05) is 13.0 Å². The molecule has 0 aliphatic heterocycles. The van der Waals surface area contributed by atoms with Crippen molar-refractivity contribution >= 4 is 11.6 Å². The van der Waals surface area contributed by atoms with E-state index in [0.29, 0.717) is 40.9 Å². The quantitative estimate of drug-likeness (QED) is 0.657. The first kappa shape index (κ1) is 18.5. The minimum Gasteiger partial charge on any atom is -0.495 e. The standard InChI is InChI=1S/C21H21NO5/c1-3-26-16-6-4-5-15(11-16)21(24)22-18-12-14(7-9-20(18)25-2)19-10-8-17(13-23)27-19/h4-12,23H,3,13H2,1-2H3,(H,22,24). The summed E-state index contributed by atoms with van der Waals surface area (Å²) >= 11 is 0. The first-order valence-electron chi connectivity index (χ1n) is 8.56. The molecule has 27 heavy (non-hydrogen) atoms. The number of furan rings is 1. The predicted molar refractivity (Wildman–Crippen MR) is 102 cm³/mol. The Morgan fingerprint density at radius 3 is 2.70 bits per heavy atom. The maximum atomic E-state index is 12.7. The Kier molecular flexibility index (Phi) is 5.78. The zero-order chi connectivity index (χ0) is 19.2. The van der Waals surface area contributed by atoms with Gasteiger partial charge in [-0.05, 0) is 55.5 Å². The highest BCUT2D eigenvalue weighted by Crippen LogP contribution is 2.32. The molecule has 6 heteroatoms. The van der Waals surface area contributed by atoms with Crippen LogP contribution in [0, 0.1) is 0 Å². The summed E-state index contributed by atoms with van der Waals surface area (Å²) in [5, 5.41) is 12.0. The Morgan fingerprint density at radius 2 is 2.00 bits per heavy atom. The largest absolute Gasteiger partial charge is 0.495 e. The van der Waals surface area contributed by atoms with Gasteiger partial charge < -0.3 is 24.3 Å². The van der Waals surface area contributed by atoms with Gasteiger partial charge in [0.1, 0.15) is 29.6 Å². The van der Waals surface area contributed by atoms with E-state index >= 15 is 0 Å². The third-order valence-electron chi connectivity index (χ3n) is 3.96. The number of carbonyl (C=O) groups is 1. The first-order valence-corrected chi connectivity index (χ1v) is 8.56. The van der Waals surface area contributed by atoms with Gasteiger partial charge in [0.2, 0.25) is 0 Å². The maximum Gasteiger partial charge on any atom is 0.255 e. The molecule has 0 aliphatic carbocycles. The number of amides is 1. The second-order valence-corrected chi connectivity index (χ2v) is 5.75. The summed E-state index contributed by atoms with van der Waals surface area (Å²) in [5.41, 5.74) is 1.76. The fraction of sp³-hybridized carbons (Fsp3) is 0.190. The molecule has 0 radical (unpaired) electrons.